The SMILES string of the molecule is CCOCc1ccc(CNC(=O)Cn2cc(S(=O)(=O)N(CC)CC)ccc2=O)cc1. The number of carbonyl (C=O) groups excluding carboxylic acids is 1. The molecule has 0 saturated heterocycles. The zero-order chi connectivity index (χ0) is 22.1. The van der Waals surface area contributed by atoms with Crippen molar-refractivity contribution >= 4 is 15.9 Å². The normalized spacial score (nSPS) is 11.6. The minimum atomic E-state index is -3.71. The number of nitrogens with zero attached hydrogens (tertiary/aromatic N) is 2. The highest BCUT2D eigenvalue weighted by atomic mass is 32.2. The highest BCUT2D eigenvalue weighted by molar-refractivity contribution is 7.89. The van der Waals surface area contributed by atoms with Gasteiger partial charge < -0.3 is 14.6 Å². The molecule has 2 rings (SSSR count). The molecule has 0 fully saturated rings. The van der Waals surface area contributed by atoms with Crippen LogP contribution in [0.3, 0.4) is 0 Å². The molecular weight excluding hydrogens is 406 g/mol. The minimum Gasteiger partial charge on any atom is -0.377 e. The molecule has 1 N–H and O–H groups in total. The third-order valence-electron chi connectivity index (χ3n) is 4.60. The Bertz CT molecular complexity index is 996. The molecule has 9 heteroatoms. The van der Waals surface area contributed by atoms with Crippen LogP contribution in [0.15, 0.2) is 52.3 Å². The minimum absolute atomic E-state index is 0.0107. The van der Waals surface area contributed by atoms with Gasteiger partial charge in [0, 0.05) is 38.5 Å². The summed E-state index contributed by atoms with van der Waals surface area (Å²) in [6.45, 7) is 7.30. The molecule has 1 aromatic carbocycles. The Balaban J connectivity index is 2.04. The van der Waals surface area contributed by atoms with Gasteiger partial charge in [-0.3, -0.25) is 9.59 Å². The summed E-state index contributed by atoms with van der Waals surface area (Å²) < 4.78 is 33.1. The molecule has 0 bridgehead atoms. The van der Waals surface area contributed by atoms with E-state index in [0.717, 1.165) is 15.7 Å². The number of rotatable bonds is 11. The summed E-state index contributed by atoms with van der Waals surface area (Å²) in [6, 6.07) is 10.1. The molecule has 8 nitrogen and oxygen atoms in total. The van der Waals surface area contributed by atoms with Crippen molar-refractivity contribution in [2.24, 2.45) is 0 Å². The van der Waals surface area contributed by atoms with Gasteiger partial charge in [-0.25, -0.2) is 8.42 Å². The highest BCUT2D eigenvalue weighted by Gasteiger charge is 2.22. The molecule has 1 aromatic heterocycles. The van der Waals surface area contributed by atoms with Crippen LogP contribution in [0.4, 0.5) is 0 Å². The molecule has 1 amide bonds. The summed E-state index contributed by atoms with van der Waals surface area (Å²) in [7, 11) is -3.71. The third kappa shape index (κ3) is 6.25. The van der Waals surface area contributed by atoms with Crippen molar-refractivity contribution in [2.45, 2.75) is 45.4 Å². The molecule has 0 saturated carbocycles. The van der Waals surface area contributed by atoms with Gasteiger partial charge in [-0.2, -0.15) is 4.31 Å². The van der Waals surface area contributed by atoms with Gasteiger partial charge in [0.1, 0.15) is 6.54 Å². The first kappa shape index (κ1) is 23.8. The van der Waals surface area contributed by atoms with Crippen LogP contribution in [0, 0.1) is 0 Å². The van der Waals surface area contributed by atoms with E-state index < -0.39 is 15.6 Å². The van der Waals surface area contributed by atoms with Crippen LogP contribution in [0.2, 0.25) is 0 Å². The fourth-order valence-corrected chi connectivity index (χ4v) is 4.36. The number of pyridine rings is 1. The van der Waals surface area contributed by atoms with Crippen LogP contribution in [0.5, 0.6) is 0 Å². The van der Waals surface area contributed by atoms with Crippen LogP contribution in [0.1, 0.15) is 31.9 Å². The van der Waals surface area contributed by atoms with E-state index in [4.69, 9.17) is 4.74 Å². The lowest BCUT2D eigenvalue weighted by Gasteiger charge is -2.19. The summed E-state index contributed by atoms with van der Waals surface area (Å²) in [6.07, 6.45) is 1.22. The fraction of sp³-hybridized carbons (Fsp3) is 0.429. The maximum atomic E-state index is 12.6. The first-order chi connectivity index (χ1) is 14.3. The Labute approximate surface area is 177 Å². The number of sulfonamides is 1. The van der Waals surface area contributed by atoms with E-state index >= 15 is 0 Å². The lowest BCUT2D eigenvalue weighted by molar-refractivity contribution is -0.121. The van der Waals surface area contributed by atoms with Crippen LogP contribution in [-0.2, 0) is 39.3 Å². The van der Waals surface area contributed by atoms with Crippen molar-refractivity contribution in [1.82, 2.24) is 14.2 Å². The molecule has 0 radical (unpaired) electrons. The number of amides is 1. The van der Waals surface area contributed by atoms with Crippen LogP contribution in [0.25, 0.3) is 0 Å². The number of aromatic nitrogens is 1. The molecule has 2 aromatic rings. The summed E-state index contributed by atoms with van der Waals surface area (Å²) in [5.41, 5.74) is 1.52. The first-order valence-corrected chi connectivity index (χ1v) is 11.4. The van der Waals surface area contributed by atoms with Gasteiger partial charge in [0.05, 0.1) is 11.5 Å². The lowest BCUT2D eigenvalue weighted by Crippen LogP contribution is -2.34. The number of benzene rings is 1. The molecule has 30 heavy (non-hydrogen) atoms. The van der Waals surface area contributed by atoms with Crippen molar-refractivity contribution < 1.29 is 17.9 Å². The van der Waals surface area contributed by atoms with Gasteiger partial charge in [-0.1, -0.05) is 38.1 Å². The van der Waals surface area contributed by atoms with Gasteiger partial charge in [-0.05, 0) is 24.1 Å². The van der Waals surface area contributed by atoms with Gasteiger partial charge in [0.2, 0.25) is 15.9 Å². The molecule has 0 spiro atoms. The molecular formula is C21H29N3O5S. The molecule has 164 valence electrons. The van der Waals surface area contributed by atoms with E-state index in [1.165, 1.54) is 22.6 Å². The topological polar surface area (TPSA) is 97.7 Å². The molecule has 0 atom stereocenters. The van der Waals surface area contributed by atoms with E-state index in [1.54, 1.807) is 13.8 Å². The standard InChI is InChI=1S/C21H29N3O5S/c1-4-24(5-2)30(27,28)19-11-12-21(26)23(14-19)15-20(25)22-13-17-7-9-18(10-8-17)16-29-6-3/h7-12,14H,4-6,13,15-16H2,1-3H3,(H,22,25). The summed E-state index contributed by atoms with van der Waals surface area (Å²) in [4.78, 5) is 24.4. The highest BCUT2D eigenvalue weighted by Crippen LogP contribution is 2.13. The average Bonchev–Trinajstić information content (AvgIpc) is 2.73. The second-order valence-corrected chi connectivity index (χ2v) is 8.59. The van der Waals surface area contributed by atoms with E-state index in [0.29, 0.717) is 32.8 Å². The second kappa shape index (κ2) is 11.1. The molecule has 0 aliphatic heterocycles. The monoisotopic (exact) mass is 435 g/mol. The number of ether oxygens (including phenoxy) is 1. The summed E-state index contributed by atoms with van der Waals surface area (Å²) in [5, 5.41) is 2.75. The Kier molecular flexibility index (Phi) is 8.76. The fourth-order valence-electron chi connectivity index (χ4n) is 2.88. The number of nitrogens with one attached hydrogen (secondary N) is 1. The molecule has 0 aliphatic carbocycles. The number of carbonyl (C=O) groups is 1. The predicted octanol–water partition coefficient (Wildman–Crippen LogP) is 1.73. The maximum absolute atomic E-state index is 12.6. The van der Waals surface area contributed by atoms with Crippen LogP contribution >= 0.6 is 0 Å². The van der Waals surface area contributed by atoms with Crippen molar-refractivity contribution in [3.63, 3.8) is 0 Å². The zero-order valence-corrected chi connectivity index (χ0v) is 18.4. The first-order valence-electron chi connectivity index (χ1n) is 9.94. The largest absolute Gasteiger partial charge is 0.377 e. The molecule has 1 heterocycles. The van der Waals surface area contributed by atoms with Crippen molar-refractivity contribution in [1.29, 1.82) is 0 Å². The quantitative estimate of drug-likeness (QED) is 0.580. The Hall–Kier alpha value is -2.49. The number of hydrogen-bond acceptors (Lipinski definition) is 5. The van der Waals surface area contributed by atoms with E-state index in [2.05, 4.69) is 5.32 Å². The van der Waals surface area contributed by atoms with E-state index in [-0.39, 0.29) is 17.3 Å². The van der Waals surface area contributed by atoms with E-state index in [9.17, 15) is 18.0 Å². The van der Waals surface area contributed by atoms with Crippen molar-refractivity contribution in [3.8, 4) is 0 Å². The Morgan fingerprint density at radius 3 is 2.27 bits per heavy atom. The summed E-state index contributed by atoms with van der Waals surface area (Å²) >= 11 is 0. The van der Waals surface area contributed by atoms with Gasteiger partial charge in [-0.15, -0.1) is 0 Å². The Morgan fingerprint density at radius 2 is 1.67 bits per heavy atom. The zero-order valence-electron chi connectivity index (χ0n) is 17.6. The smallest absolute Gasteiger partial charge is 0.251 e. The number of hydrogen-bond donors (Lipinski definition) is 1. The summed E-state index contributed by atoms with van der Waals surface area (Å²) in [5.74, 6) is -0.382. The van der Waals surface area contributed by atoms with Gasteiger partial charge in [0.25, 0.3) is 5.56 Å². The predicted molar refractivity (Wildman–Crippen MR) is 114 cm³/mol. The molecule has 0 aliphatic rings. The van der Waals surface area contributed by atoms with Crippen LogP contribution < -0.4 is 10.9 Å². The Morgan fingerprint density at radius 1 is 1.03 bits per heavy atom. The average molecular weight is 436 g/mol. The lowest BCUT2D eigenvalue weighted by atomic mass is 10.1. The van der Waals surface area contributed by atoms with Crippen molar-refractivity contribution in [2.75, 3.05) is 19.7 Å². The van der Waals surface area contributed by atoms with Crippen molar-refractivity contribution in [3.05, 3.63) is 64.1 Å². The maximum Gasteiger partial charge on any atom is 0.251 e. The third-order valence-corrected chi connectivity index (χ3v) is 6.63. The van der Waals surface area contributed by atoms with E-state index in [1.807, 2.05) is 31.2 Å². The van der Waals surface area contributed by atoms with Crippen LogP contribution in [-0.4, -0.2) is 42.9 Å². The molecule has 0 unspecified atom stereocenters. The van der Waals surface area contributed by atoms with Gasteiger partial charge in [0.15, 0.2) is 0 Å². The second-order valence-electron chi connectivity index (χ2n) is 6.65. The van der Waals surface area contributed by atoms with Gasteiger partial charge >= 0.3 is 0 Å².